The molecule has 0 bridgehead atoms. The highest BCUT2D eigenvalue weighted by atomic mass is 35.5. The number of carbonyl (C=O) groups excluding carboxylic acids is 1. The number of oxazole rings is 1. The van der Waals surface area contributed by atoms with Crippen molar-refractivity contribution in [2.75, 3.05) is 0 Å². The number of carbonyl (C=O) groups is 1. The number of rotatable bonds is 8. The van der Waals surface area contributed by atoms with Crippen molar-refractivity contribution in [3.05, 3.63) is 116 Å². The van der Waals surface area contributed by atoms with Gasteiger partial charge in [-0.05, 0) is 73.2 Å². The molecule has 2 atom stereocenters. The Labute approximate surface area is 257 Å². The van der Waals surface area contributed by atoms with Gasteiger partial charge in [-0.3, -0.25) is 24.6 Å². The minimum Gasteiger partial charge on any atom is -0.408 e. The lowest BCUT2D eigenvalue weighted by atomic mass is 9.84. The Bertz CT molecular complexity index is 1950. The van der Waals surface area contributed by atoms with Crippen molar-refractivity contribution in [1.29, 1.82) is 0 Å². The van der Waals surface area contributed by atoms with E-state index >= 15 is 0 Å². The monoisotopic (exact) mass is 615 g/mol. The van der Waals surface area contributed by atoms with E-state index in [4.69, 9.17) is 26.7 Å². The number of aromatic nitrogens is 3. The highest BCUT2D eigenvalue weighted by Gasteiger charge is 2.44. The van der Waals surface area contributed by atoms with Gasteiger partial charge in [0.05, 0.1) is 45.3 Å². The highest BCUT2D eigenvalue weighted by molar-refractivity contribution is 6.30. The van der Waals surface area contributed by atoms with Gasteiger partial charge in [-0.25, -0.2) is 9.18 Å². The maximum atomic E-state index is 13.6. The molecule has 226 valence electrons. The van der Waals surface area contributed by atoms with E-state index in [-0.39, 0.29) is 23.8 Å². The van der Waals surface area contributed by atoms with Gasteiger partial charge in [-0.2, -0.15) is 0 Å². The van der Waals surface area contributed by atoms with Gasteiger partial charge < -0.3 is 15.3 Å². The maximum absolute atomic E-state index is 13.6. The largest absolute Gasteiger partial charge is 0.420 e. The molecule has 1 amide bonds. The minimum atomic E-state index is -1.19. The summed E-state index contributed by atoms with van der Waals surface area (Å²) in [6.45, 7) is 6.12. The van der Waals surface area contributed by atoms with Gasteiger partial charge in [0.1, 0.15) is 12.0 Å². The van der Waals surface area contributed by atoms with Crippen LogP contribution in [0.5, 0.6) is 0 Å². The summed E-state index contributed by atoms with van der Waals surface area (Å²) in [6.07, 6.45) is 1.18. The molecule has 44 heavy (non-hydrogen) atoms. The van der Waals surface area contributed by atoms with Gasteiger partial charge in [-0.15, -0.1) is 0 Å². The highest BCUT2D eigenvalue weighted by Crippen LogP contribution is 2.45. The Balaban J connectivity index is 1.53. The molecular formula is C33H31ClFN5O4. The third-order valence-electron chi connectivity index (χ3n) is 7.95. The smallest absolute Gasteiger partial charge is 0.408 e. The fraction of sp³-hybridized carbons (Fsp3) is 0.273. The number of nitrogens with two attached hydrogens (primary N) is 1. The molecule has 5 aromatic rings. The number of benzene rings is 2. The van der Waals surface area contributed by atoms with E-state index in [1.54, 1.807) is 42.5 Å². The van der Waals surface area contributed by atoms with Gasteiger partial charge in [0, 0.05) is 17.3 Å². The van der Waals surface area contributed by atoms with Gasteiger partial charge in [-0.1, -0.05) is 43.6 Å². The predicted octanol–water partition coefficient (Wildman–Crippen LogP) is 5.24. The van der Waals surface area contributed by atoms with Crippen LogP contribution in [0.25, 0.3) is 22.2 Å². The summed E-state index contributed by atoms with van der Waals surface area (Å²) in [5.41, 5.74) is 10.1. The maximum Gasteiger partial charge on any atom is 0.420 e. The third kappa shape index (κ3) is 5.40. The molecule has 0 radical (unpaired) electrons. The summed E-state index contributed by atoms with van der Waals surface area (Å²) in [6, 6.07) is 14.8. The van der Waals surface area contributed by atoms with Crippen molar-refractivity contribution < 1.29 is 18.7 Å². The van der Waals surface area contributed by atoms with Crippen molar-refractivity contribution in [1.82, 2.24) is 19.9 Å². The van der Waals surface area contributed by atoms with Gasteiger partial charge in [0.2, 0.25) is 0 Å². The molecule has 9 nitrogen and oxygen atoms in total. The zero-order valence-corrected chi connectivity index (χ0v) is 25.2. The molecule has 4 N–H and O–H groups in total. The zero-order chi connectivity index (χ0) is 31.3. The predicted molar refractivity (Wildman–Crippen MR) is 165 cm³/mol. The first kappa shape index (κ1) is 29.7. The van der Waals surface area contributed by atoms with E-state index < -0.39 is 23.4 Å². The molecule has 0 spiro atoms. The van der Waals surface area contributed by atoms with Crippen LogP contribution >= 0.6 is 11.6 Å². The van der Waals surface area contributed by atoms with Crippen LogP contribution in [0.1, 0.15) is 65.6 Å². The van der Waals surface area contributed by atoms with Crippen molar-refractivity contribution in [3.63, 3.8) is 0 Å². The summed E-state index contributed by atoms with van der Waals surface area (Å²) < 4.78 is 20.7. The first-order valence-electron chi connectivity index (χ1n) is 14.2. The lowest BCUT2D eigenvalue weighted by Crippen LogP contribution is -2.38. The molecule has 11 heteroatoms. The first-order valence-corrected chi connectivity index (χ1v) is 14.6. The van der Waals surface area contributed by atoms with Crippen LogP contribution in [0, 0.1) is 11.7 Å². The number of aliphatic hydroxyl groups is 1. The molecule has 0 saturated heterocycles. The van der Waals surface area contributed by atoms with Crippen LogP contribution in [0.4, 0.5) is 4.39 Å². The lowest BCUT2D eigenvalue weighted by Gasteiger charge is -2.27. The Morgan fingerprint density at radius 1 is 1.20 bits per heavy atom. The average Bonchev–Trinajstić information content (AvgIpc) is 3.40. The molecule has 0 aliphatic carbocycles. The number of hydrogen-bond donors (Lipinski definition) is 3. The number of pyridine rings is 2. The molecule has 0 fully saturated rings. The Morgan fingerprint density at radius 3 is 2.61 bits per heavy atom. The summed E-state index contributed by atoms with van der Waals surface area (Å²) in [5, 5.41) is 15.2. The van der Waals surface area contributed by atoms with Crippen molar-refractivity contribution in [3.8, 4) is 11.1 Å². The Hall–Kier alpha value is -4.38. The molecule has 1 aliphatic rings. The fourth-order valence-corrected chi connectivity index (χ4v) is 6.17. The van der Waals surface area contributed by atoms with Crippen LogP contribution in [0.15, 0.2) is 70.0 Å². The lowest BCUT2D eigenvalue weighted by molar-refractivity contribution is 0.0999. The Morgan fingerprint density at radius 2 is 1.95 bits per heavy atom. The molecule has 4 heterocycles. The number of halogens is 2. The van der Waals surface area contributed by atoms with Gasteiger partial charge >= 0.3 is 5.76 Å². The fourth-order valence-electron chi connectivity index (χ4n) is 6.06. The van der Waals surface area contributed by atoms with E-state index in [0.29, 0.717) is 62.7 Å². The van der Waals surface area contributed by atoms with Crippen molar-refractivity contribution in [2.24, 2.45) is 11.7 Å². The van der Waals surface area contributed by atoms with Crippen molar-refractivity contribution >= 4 is 28.6 Å². The topological polar surface area (TPSA) is 136 Å². The first-order chi connectivity index (χ1) is 20.9. The number of amides is 1. The number of fused-ring (bicyclic) bond motifs is 2. The van der Waals surface area contributed by atoms with E-state index in [2.05, 4.69) is 10.3 Å². The number of nitrogens with zero attached hydrogens (tertiary/aromatic N) is 3. The SMILES string of the molecule is CC(C)Cc1nc2c(c(-c3ccc4c(c3)oc(=O)n4Cc3ccc(Cl)cn3)c1C(N)=O)C(O)N[C@@]2(C)Cc1ccc(F)cc1. The van der Waals surface area contributed by atoms with Crippen LogP contribution in [-0.2, 0) is 24.9 Å². The van der Waals surface area contributed by atoms with Gasteiger partial charge in [0.15, 0.2) is 5.58 Å². The Kier molecular flexibility index (Phi) is 7.61. The van der Waals surface area contributed by atoms with Crippen LogP contribution < -0.4 is 16.8 Å². The second-order valence-corrected chi connectivity index (χ2v) is 12.3. The summed E-state index contributed by atoms with van der Waals surface area (Å²) >= 11 is 5.96. The van der Waals surface area contributed by atoms with E-state index in [1.807, 2.05) is 20.8 Å². The van der Waals surface area contributed by atoms with Crippen LogP contribution in [0.3, 0.4) is 0 Å². The van der Waals surface area contributed by atoms with Crippen molar-refractivity contribution in [2.45, 2.75) is 51.9 Å². The minimum absolute atomic E-state index is 0.144. The normalized spacial score (nSPS) is 17.8. The van der Waals surface area contributed by atoms with Crippen LogP contribution in [-0.4, -0.2) is 25.5 Å². The zero-order valence-electron chi connectivity index (χ0n) is 24.4. The molecule has 1 unspecified atom stereocenters. The summed E-state index contributed by atoms with van der Waals surface area (Å²) in [7, 11) is 0. The summed E-state index contributed by atoms with van der Waals surface area (Å²) in [5.74, 6) is -1.45. The number of primary amides is 1. The van der Waals surface area contributed by atoms with E-state index in [9.17, 15) is 19.1 Å². The molecule has 2 aromatic carbocycles. The standard InChI is InChI=1S/C33H31ClFN5O4/c1-17(2)12-23-27(30(36)41)26(28-29(38-23)33(3,39-31(28)42)14-18-4-8-21(35)9-5-18)19-6-11-24-25(13-19)44-32(43)40(24)16-22-10-7-20(34)15-37-22/h4-11,13,15,17,31,39,42H,12,14,16H2,1-3H3,(H2,36,41)/t31?,33-/m0/s1. The van der Waals surface area contributed by atoms with Crippen LogP contribution in [0.2, 0.25) is 5.02 Å². The molecular weight excluding hydrogens is 585 g/mol. The summed E-state index contributed by atoms with van der Waals surface area (Å²) in [4.78, 5) is 35.2. The molecule has 0 saturated carbocycles. The number of aliphatic hydroxyl groups excluding tert-OH is 1. The molecule has 1 aliphatic heterocycles. The quantitative estimate of drug-likeness (QED) is 0.217. The second kappa shape index (κ2) is 11.3. The second-order valence-electron chi connectivity index (χ2n) is 11.8. The third-order valence-corrected chi connectivity index (χ3v) is 8.17. The number of nitrogens with one attached hydrogen (secondary N) is 1. The van der Waals surface area contributed by atoms with Gasteiger partial charge in [0.25, 0.3) is 5.91 Å². The molecule has 6 rings (SSSR count). The van der Waals surface area contributed by atoms with E-state index in [0.717, 1.165) is 5.56 Å². The van der Waals surface area contributed by atoms with E-state index in [1.165, 1.54) is 22.9 Å². The number of hydrogen-bond acceptors (Lipinski definition) is 7. The average molecular weight is 616 g/mol. The molecule has 3 aromatic heterocycles.